The summed E-state index contributed by atoms with van der Waals surface area (Å²) in [4.78, 5) is 23.2. The molecule has 3 atom stereocenters. The van der Waals surface area contributed by atoms with E-state index in [4.69, 9.17) is 5.11 Å². The number of allylic oxidation sites excluding steroid dienone is 4. The highest BCUT2D eigenvalue weighted by Crippen LogP contribution is 2.41. The summed E-state index contributed by atoms with van der Waals surface area (Å²) in [5.41, 5.74) is -1.47. The maximum atomic E-state index is 13.0. The summed E-state index contributed by atoms with van der Waals surface area (Å²) >= 11 is 0. The zero-order chi connectivity index (χ0) is 13.2. The van der Waals surface area contributed by atoms with E-state index in [1.807, 2.05) is 24.3 Å². The molecule has 3 nitrogen and oxygen atoms in total. The molecule has 2 aliphatic carbocycles. The number of Topliss-reactive ketones (excluding diaryl/α,β-unsaturated/α-hetero) is 1. The Bertz CT molecular complexity index is 413. The highest BCUT2D eigenvalue weighted by Gasteiger charge is 2.47. The topological polar surface area (TPSA) is 54.4 Å². The van der Waals surface area contributed by atoms with Crippen LogP contribution < -0.4 is 0 Å². The smallest absolute Gasteiger partial charge is 0.312 e. The number of hydrogen-bond acceptors (Lipinski definition) is 2. The molecule has 0 spiro atoms. The lowest BCUT2D eigenvalue weighted by Gasteiger charge is -2.36. The van der Waals surface area contributed by atoms with Gasteiger partial charge in [0.25, 0.3) is 0 Å². The fourth-order valence-corrected chi connectivity index (χ4v) is 2.85. The van der Waals surface area contributed by atoms with Crippen molar-refractivity contribution >= 4 is 11.8 Å². The number of carbonyl (C=O) groups excluding carboxylic acids is 1. The van der Waals surface area contributed by atoms with E-state index in [1.165, 1.54) is 0 Å². The fraction of sp³-hybridized carbons (Fsp3) is 0.571. The van der Waals surface area contributed by atoms with Crippen molar-refractivity contribution in [3.8, 4) is 0 Å². The van der Waals surface area contributed by atoms with Crippen molar-refractivity contribution in [2.75, 3.05) is 6.67 Å². The van der Waals surface area contributed by atoms with E-state index in [1.54, 1.807) is 0 Å². The Hall–Kier alpha value is -1.45. The molecule has 98 valence electrons. The van der Waals surface area contributed by atoms with Gasteiger partial charge in [0.05, 0.1) is 0 Å². The van der Waals surface area contributed by atoms with Crippen LogP contribution in [0.4, 0.5) is 4.39 Å². The first-order valence-corrected chi connectivity index (χ1v) is 6.24. The zero-order valence-corrected chi connectivity index (χ0v) is 10.1. The van der Waals surface area contributed by atoms with Crippen LogP contribution in [0, 0.1) is 17.3 Å². The zero-order valence-electron chi connectivity index (χ0n) is 10.1. The SMILES string of the molecule is O=C1CC(CF)(C(=O)O)CCC1C1C=CC=CC1. The van der Waals surface area contributed by atoms with Gasteiger partial charge in [-0.2, -0.15) is 0 Å². The molecular formula is C14H17FO3. The quantitative estimate of drug-likeness (QED) is 0.839. The Morgan fingerprint density at radius 2 is 2.28 bits per heavy atom. The van der Waals surface area contributed by atoms with E-state index in [0.29, 0.717) is 6.42 Å². The van der Waals surface area contributed by atoms with Gasteiger partial charge in [0.15, 0.2) is 0 Å². The third-order valence-corrected chi connectivity index (χ3v) is 4.10. The van der Waals surface area contributed by atoms with Crippen LogP contribution in [0.2, 0.25) is 0 Å². The first-order valence-electron chi connectivity index (χ1n) is 6.24. The fourth-order valence-electron chi connectivity index (χ4n) is 2.85. The molecule has 1 fully saturated rings. The van der Waals surface area contributed by atoms with Gasteiger partial charge in [0, 0.05) is 12.3 Å². The van der Waals surface area contributed by atoms with Crippen molar-refractivity contribution in [3.05, 3.63) is 24.3 Å². The number of ketones is 1. The second-order valence-corrected chi connectivity index (χ2v) is 5.22. The minimum Gasteiger partial charge on any atom is -0.481 e. The highest BCUT2D eigenvalue weighted by molar-refractivity contribution is 5.89. The average Bonchev–Trinajstić information content (AvgIpc) is 2.39. The lowest BCUT2D eigenvalue weighted by atomic mass is 9.66. The van der Waals surface area contributed by atoms with Gasteiger partial charge in [-0.25, -0.2) is 4.39 Å². The molecule has 2 aliphatic rings. The highest BCUT2D eigenvalue weighted by atomic mass is 19.1. The minimum absolute atomic E-state index is 0.105. The molecule has 0 aromatic rings. The first-order chi connectivity index (χ1) is 8.59. The molecule has 18 heavy (non-hydrogen) atoms. The molecule has 0 aromatic heterocycles. The molecular weight excluding hydrogens is 235 g/mol. The first kappa shape index (κ1) is 13.0. The average molecular weight is 252 g/mol. The van der Waals surface area contributed by atoms with Crippen molar-refractivity contribution in [2.24, 2.45) is 17.3 Å². The van der Waals surface area contributed by atoms with E-state index in [0.717, 1.165) is 6.42 Å². The van der Waals surface area contributed by atoms with E-state index >= 15 is 0 Å². The Morgan fingerprint density at radius 3 is 2.78 bits per heavy atom. The normalized spacial score (nSPS) is 35.7. The number of rotatable bonds is 3. The number of carbonyl (C=O) groups is 2. The van der Waals surface area contributed by atoms with Gasteiger partial charge in [0.2, 0.25) is 0 Å². The summed E-state index contributed by atoms with van der Waals surface area (Å²) < 4.78 is 13.0. The van der Waals surface area contributed by atoms with Crippen molar-refractivity contribution < 1.29 is 19.1 Å². The number of hydrogen-bond donors (Lipinski definition) is 1. The van der Waals surface area contributed by atoms with E-state index in [2.05, 4.69) is 0 Å². The van der Waals surface area contributed by atoms with Crippen LogP contribution in [-0.4, -0.2) is 23.5 Å². The van der Waals surface area contributed by atoms with Gasteiger partial charge in [-0.3, -0.25) is 9.59 Å². The second-order valence-electron chi connectivity index (χ2n) is 5.22. The number of halogens is 1. The maximum Gasteiger partial charge on any atom is 0.312 e. The van der Waals surface area contributed by atoms with Crippen LogP contribution in [0.15, 0.2) is 24.3 Å². The van der Waals surface area contributed by atoms with E-state index < -0.39 is 18.1 Å². The summed E-state index contributed by atoms with van der Waals surface area (Å²) in [6.07, 6.45) is 9.21. The standard InChI is InChI=1S/C14H17FO3/c15-9-14(13(17)18)7-6-11(12(16)8-14)10-4-2-1-3-5-10/h1-4,10-11H,5-9H2,(H,17,18). The summed E-state index contributed by atoms with van der Waals surface area (Å²) in [7, 11) is 0. The number of aliphatic carboxylic acids is 1. The van der Waals surface area contributed by atoms with Gasteiger partial charge in [-0.1, -0.05) is 24.3 Å². The molecule has 0 heterocycles. The molecule has 1 N–H and O–H groups in total. The molecule has 0 bridgehead atoms. The maximum absolute atomic E-state index is 13.0. The predicted molar refractivity (Wildman–Crippen MR) is 64.8 cm³/mol. The van der Waals surface area contributed by atoms with Gasteiger partial charge in [0.1, 0.15) is 17.9 Å². The molecule has 0 aromatic carbocycles. The third-order valence-electron chi connectivity index (χ3n) is 4.10. The van der Waals surface area contributed by atoms with Crippen LogP contribution >= 0.6 is 0 Å². The summed E-state index contributed by atoms with van der Waals surface area (Å²) in [5, 5.41) is 9.09. The second kappa shape index (κ2) is 5.04. The monoisotopic (exact) mass is 252 g/mol. The summed E-state index contributed by atoms with van der Waals surface area (Å²) in [6, 6.07) is 0. The Balaban J connectivity index is 2.09. The van der Waals surface area contributed by atoms with Crippen LogP contribution in [0.5, 0.6) is 0 Å². The molecule has 3 unspecified atom stereocenters. The van der Waals surface area contributed by atoms with Crippen molar-refractivity contribution in [1.29, 1.82) is 0 Å². The van der Waals surface area contributed by atoms with Crippen molar-refractivity contribution in [3.63, 3.8) is 0 Å². The van der Waals surface area contributed by atoms with Gasteiger partial charge in [-0.15, -0.1) is 0 Å². The largest absolute Gasteiger partial charge is 0.481 e. The number of carboxylic acid groups (broad SMARTS) is 1. The van der Waals surface area contributed by atoms with Gasteiger partial charge < -0.3 is 5.11 Å². The molecule has 0 saturated heterocycles. The molecule has 4 heteroatoms. The molecule has 1 saturated carbocycles. The van der Waals surface area contributed by atoms with Gasteiger partial charge >= 0.3 is 5.97 Å². The molecule has 0 amide bonds. The van der Waals surface area contributed by atoms with E-state index in [-0.39, 0.29) is 30.5 Å². The lowest BCUT2D eigenvalue weighted by molar-refractivity contribution is -0.157. The Labute approximate surface area is 105 Å². The molecule has 2 rings (SSSR count). The molecule has 0 aliphatic heterocycles. The third kappa shape index (κ3) is 2.24. The van der Waals surface area contributed by atoms with E-state index in [9.17, 15) is 14.0 Å². The minimum atomic E-state index is -1.47. The Morgan fingerprint density at radius 1 is 1.50 bits per heavy atom. The van der Waals surface area contributed by atoms with Gasteiger partial charge in [-0.05, 0) is 25.2 Å². The van der Waals surface area contributed by atoms with Crippen molar-refractivity contribution in [1.82, 2.24) is 0 Å². The summed E-state index contributed by atoms with van der Waals surface area (Å²) in [6.45, 7) is -0.957. The van der Waals surface area contributed by atoms with Crippen LogP contribution in [0.25, 0.3) is 0 Å². The number of carboxylic acids is 1. The molecule has 0 radical (unpaired) electrons. The Kier molecular flexibility index (Phi) is 3.64. The van der Waals surface area contributed by atoms with Crippen LogP contribution in [-0.2, 0) is 9.59 Å². The predicted octanol–water partition coefficient (Wildman–Crippen LogP) is 2.53. The van der Waals surface area contributed by atoms with Crippen molar-refractivity contribution in [2.45, 2.75) is 25.7 Å². The number of alkyl halides is 1. The lowest BCUT2D eigenvalue weighted by Crippen LogP contribution is -2.43. The van der Waals surface area contributed by atoms with Crippen LogP contribution in [0.3, 0.4) is 0 Å². The summed E-state index contributed by atoms with van der Waals surface area (Å²) in [5.74, 6) is -1.29. The van der Waals surface area contributed by atoms with Crippen LogP contribution in [0.1, 0.15) is 25.7 Å².